The van der Waals surface area contributed by atoms with Gasteiger partial charge in [-0.3, -0.25) is 4.99 Å². The number of carbonyl (C=O) groups excluding carboxylic acids is 1. The van der Waals surface area contributed by atoms with Crippen molar-refractivity contribution in [2.24, 2.45) is 10.7 Å². The van der Waals surface area contributed by atoms with E-state index in [9.17, 15) is 23.1 Å². The molecule has 10 nitrogen and oxygen atoms in total. The summed E-state index contributed by atoms with van der Waals surface area (Å²) in [5, 5.41) is 11.5. The highest BCUT2D eigenvalue weighted by Crippen LogP contribution is 2.10. The molecular formula is C18H28N4O6S. The van der Waals surface area contributed by atoms with Crippen molar-refractivity contribution in [2.45, 2.75) is 57.1 Å². The van der Waals surface area contributed by atoms with E-state index in [1.807, 2.05) is 6.92 Å². The monoisotopic (exact) mass is 428 g/mol. The number of nitrogens with zero attached hydrogens (tertiary/aromatic N) is 1. The average Bonchev–Trinajstić information content (AvgIpc) is 2.55. The molecular weight excluding hydrogens is 400 g/mol. The zero-order valence-corrected chi connectivity index (χ0v) is 17.7. The lowest BCUT2D eigenvalue weighted by Gasteiger charge is -2.21. The van der Waals surface area contributed by atoms with Gasteiger partial charge in [0.15, 0.2) is 0 Å². The molecule has 0 aliphatic rings. The predicted octanol–water partition coefficient (Wildman–Crippen LogP) is 1.35. The zero-order chi connectivity index (χ0) is 22.2. The van der Waals surface area contributed by atoms with Crippen LogP contribution in [0.3, 0.4) is 0 Å². The van der Waals surface area contributed by atoms with Crippen LogP contribution in [-0.2, 0) is 19.6 Å². The Kier molecular flexibility index (Phi) is 8.43. The average molecular weight is 429 g/mol. The molecule has 1 atom stereocenters. The number of rotatable bonds is 8. The van der Waals surface area contributed by atoms with Crippen LogP contribution in [0.4, 0.5) is 4.79 Å². The van der Waals surface area contributed by atoms with Gasteiger partial charge in [0.25, 0.3) is 10.0 Å². The second kappa shape index (κ2) is 10.1. The van der Waals surface area contributed by atoms with Crippen LogP contribution in [0, 0.1) is 6.92 Å². The third-order valence-electron chi connectivity index (χ3n) is 3.49. The van der Waals surface area contributed by atoms with Crippen molar-refractivity contribution in [3.05, 3.63) is 29.8 Å². The Morgan fingerprint density at radius 2 is 1.83 bits per heavy atom. The van der Waals surface area contributed by atoms with Crippen molar-refractivity contribution in [3.8, 4) is 0 Å². The Labute approximate surface area is 170 Å². The van der Waals surface area contributed by atoms with Crippen molar-refractivity contribution in [3.63, 3.8) is 0 Å². The zero-order valence-electron chi connectivity index (χ0n) is 16.9. The van der Waals surface area contributed by atoms with E-state index in [2.05, 4.69) is 15.0 Å². The van der Waals surface area contributed by atoms with E-state index in [1.54, 1.807) is 32.9 Å². The Morgan fingerprint density at radius 1 is 1.24 bits per heavy atom. The van der Waals surface area contributed by atoms with Crippen molar-refractivity contribution >= 4 is 28.0 Å². The lowest BCUT2D eigenvalue weighted by Crippen LogP contribution is -2.43. The van der Waals surface area contributed by atoms with Gasteiger partial charge >= 0.3 is 12.1 Å². The van der Waals surface area contributed by atoms with Crippen molar-refractivity contribution in [1.29, 1.82) is 0 Å². The summed E-state index contributed by atoms with van der Waals surface area (Å²) >= 11 is 0. The summed E-state index contributed by atoms with van der Waals surface area (Å²) in [5.41, 5.74) is 5.77. The first-order chi connectivity index (χ1) is 13.3. The number of benzene rings is 1. The molecule has 1 aromatic carbocycles. The molecule has 11 heteroatoms. The Hall–Kier alpha value is -2.82. The van der Waals surface area contributed by atoms with Crippen LogP contribution < -0.4 is 15.8 Å². The molecule has 0 aliphatic heterocycles. The summed E-state index contributed by atoms with van der Waals surface area (Å²) < 4.78 is 31.6. The number of aliphatic carboxylic acids is 1. The third-order valence-corrected chi connectivity index (χ3v) is 4.86. The number of aliphatic imine (C=N–C) groups is 1. The molecule has 0 unspecified atom stereocenters. The lowest BCUT2D eigenvalue weighted by molar-refractivity contribution is -0.139. The molecule has 162 valence electrons. The van der Waals surface area contributed by atoms with Crippen molar-refractivity contribution in [1.82, 2.24) is 10.0 Å². The van der Waals surface area contributed by atoms with Crippen LogP contribution in [-0.4, -0.2) is 49.7 Å². The maximum Gasteiger partial charge on any atom is 0.408 e. The normalized spacial score (nSPS) is 13.4. The van der Waals surface area contributed by atoms with Gasteiger partial charge in [0.2, 0.25) is 5.96 Å². The molecule has 0 saturated heterocycles. The molecule has 0 spiro atoms. The number of alkyl carbamates (subject to hydrolysis) is 1. The van der Waals surface area contributed by atoms with Gasteiger partial charge < -0.3 is 20.9 Å². The minimum absolute atomic E-state index is 0.0498. The maximum absolute atomic E-state index is 12.2. The van der Waals surface area contributed by atoms with E-state index in [0.29, 0.717) is 0 Å². The van der Waals surface area contributed by atoms with Crippen LogP contribution in [0.1, 0.15) is 39.2 Å². The lowest BCUT2D eigenvalue weighted by atomic mass is 10.1. The second-order valence-corrected chi connectivity index (χ2v) is 9.05. The molecule has 0 aromatic heterocycles. The van der Waals surface area contributed by atoms with Gasteiger partial charge in [-0.05, 0) is 52.7 Å². The molecule has 0 aliphatic carbocycles. The molecule has 0 bridgehead atoms. The van der Waals surface area contributed by atoms with Crippen molar-refractivity contribution < 1.29 is 27.9 Å². The summed E-state index contributed by atoms with van der Waals surface area (Å²) in [6.45, 7) is 6.90. The summed E-state index contributed by atoms with van der Waals surface area (Å²) in [6.07, 6.45) is -0.519. The number of aryl methyl sites for hydroxylation is 1. The van der Waals surface area contributed by atoms with E-state index >= 15 is 0 Å². The molecule has 5 N–H and O–H groups in total. The van der Waals surface area contributed by atoms with Gasteiger partial charge in [0.1, 0.15) is 11.6 Å². The fraction of sp³-hybridized carbons (Fsp3) is 0.500. The highest BCUT2D eigenvalue weighted by atomic mass is 32.2. The summed E-state index contributed by atoms with van der Waals surface area (Å²) in [6, 6.07) is 5.05. The number of carboxylic acids is 1. The molecule has 0 radical (unpaired) electrons. The minimum atomic E-state index is -3.85. The molecule has 0 fully saturated rings. The Bertz CT molecular complexity index is 844. The summed E-state index contributed by atoms with van der Waals surface area (Å²) in [4.78, 5) is 26.9. The van der Waals surface area contributed by atoms with Crippen LogP contribution in [0.5, 0.6) is 0 Å². The molecule has 1 aromatic rings. The van der Waals surface area contributed by atoms with E-state index in [4.69, 9.17) is 10.5 Å². The number of ether oxygens (including phenoxy) is 1. The van der Waals surface area contributed by atoms with E-state index in [0.717, 1.165) is 5.56 Å². The van der Waals surface area contributed by atoms with Crippen LogP contribution in [0.25, 0.3) is 0 Å². The molecule has 1 rings (SSSR count). The van der Waals surface area contributed by atoms with Gasteiger partial charge in [-0.2, -0.15) is 0 Å². The van der Waals surface area contributed by atoms with Crippen LogP contribution in [0.2, 0.25) is 0 Å². The molecule has 29 heavy (non-hydrogen) atoms. The topological polar surface area (TPSA) is 160 Å². The van der Waals surface area contributed by atoms with Crippen LogP contribution >= 0.6 is 0 Å². The quantitative estimate of drug-likeness (QED) is 0.276. The maximum atomic E-state index is 12.2. The van der Waals surface area contributed by atoms with E-state index in [1.165, 1.54) is 12.1 Å². The Balaban J connectivity index is 2.56. The number of carbonyl (C=O) groups is 2. The number of amides is 1. The van der Waals surface area contributed by atoms with Gasteiger partial charge in [-0.15, -0.1) is 0 Å². The molecule has 0 saturated carbocycles. The standard InChI is InChI=1S/C18H28N4O6S/c1-12-7-9-13(10-8-12)29(26,27)22-16(19)20-11-5-6-14(15(23)24)21-17(25)28-18(2,3)4/h7-10,14H,5-6,11H2,1-4H3,(H,21,25)(H,23,24)(H3,19,20,22)/t14-/m0/s1. The molecule has 0 heterocycles. The first-order valence-corrected chi connectivity index (χ1v) is 10.4. The number of carboxylic acid groups (broad SMARTS) is 1. The number of hydrogen-bond donors (Lipinski definition) is 4. The first-order valence-electron chi connectivity index (χ1n) is 8.92. The molecule has 1 amide bonds. The van der Waals surface area contributed by atoms with Gasteiger partial charge in [0.05, 0.1) is 4.90 Å². The smallest absolute Gasteiger partial charge is 0.408 e. The summed E-state index contributed by atoms with van der Waals surface area (Å²) in [5.74, 6) is -1.52. The van der Waals surface area contributed by atoms with Crippen molar-refractivity contribution in [2.75, 3.05) is 6.54 Å². The number of nitrogens with one attached hydrogen (secondary N) is 2. The SMILES string of the molecule is Cc1ccc(S(=O)(=O)NC(N)=NCCC[C@H](NC(=O)OC(C)(C)C)C(=O)O)cc1. The van der Waals surface area contributed by atoms with Gasteiger partial charge in [-0.25, -0.2) is 22.7 Å². The van der Waals surface area contributed by atoms with Gasteiger partial charge in [-0.1, -0.05) is 17.7 Å². The minimum Gasteiger partial charge on any atom is -0.480 e. The summed E-state index contributed by atoms with van der Waals surface area (Å²) in [7, 11) is -3.85. The first kappa shape index (κ1) is 24.2. The largest absolute Gasteiger partial charge is 0.480 e. The fourth-order valence-electron chi connectivity index (χ4n) is 2.15. The second-order valence-electron chi connectivity index (χ2n) is 7.36. The number of sulfonamides is 1. The number of guanidine groups is 1. The van der Waals surface area contributed by atoms with E-state index < -0.39 is 33.7 Å². The third kappa shape index (κ3) is 9.28. The van der Waals surface area contributed by atoms with Gasteiger partial charge in [0, 0.05) is 6.54 Å². The van der Waals surface area contributed by atoms with Crippen LogP contribution in [0.15, 0.2) is 34.2 Å². The Morgan fingerprint density at radius 3 is 2.34 bits per heavy atom. The number of hydrogen-bond acceptors (Lipinski definition) is 6. The predicted molar refractivity (Wildman–Crippen MR) is 108 cm³/mol. The highest BCUT2D eigenvalue weighted by Gasteiger charge is 2.23. The fourth-order valence-corrected chi connectivity index (χ4v) is 3.10. The van der Waals surface area contributed by atoms with E-state index in [-0.39, 0.29) is 30.2 Å². The number of nitrogens with two attached hydrogens (primary N) is 1. The highest BCUT2D eigenvalue weighted by molar-refractivity contribution is 7.90.